The second kappa shape index (κ2) is 8.54. The molecule has 0 saturated carbocycles. The zero-order valence-electron chi connectivity index (χ0n) is 16.2. The third-order valence-electron chi connectivity index (χ3n) is 5.20. The predicted molar refractivity (Wildman–Crippen MR) is 105 cm³/mol. The van der Waals surface area contributed by atoms with Crippen molar-refractivity contribution in [2.24, 2.45) is 0 Å². The van der Waals surface area contributed by atoms with E-state index in [9.17, 15) is 4.79 Å². The van der Waals surface area contributed by atoms with E-state index in [1.165, 1.54) is 31.5 Å². The van der Waals surface area contributed by atoms with Gasteiger partial charge in [0.05, 0.1) is 17.1 Å². The number of imidazole rings is 1. The SMILES string of the molecule is CC[C@H](NC(=O)N(C)CCCN1CCCC1)c1nc2ccc(C)cc2[nH]1. The molecule has 0 bridgehead atoms. The van der Waals surface area contributed by atoms with Crippen molar-refractivity contribution in [2.75, 3.05) is 33.2 Å². The molecule has 2 amide bonds. The molecule has 2 heterocycles. The van der Waals surface area contributed by atoms with Crippen LogP contribution in [-0.2, 0) is 0 Å². The molecule has 1 atom stereocenters. The third-order valence-corrected chi connectivity index (χ3v) is 5.20. The molecule has 1 aromatic heterocycles. The van der Waals surface area contributed by atoms with Crippen molar-refractivity contribution < 1.29 is 4.79 Å². The fraction of sp³-hybridized carbons (Fsp3) is 0.600. The number of fused-ring (bicyclic) bond motifs is 1. The topological polar surface area (TPSA) is 64.3 Å². The lowest BCUT2D eigenvalue weighted by Gasteiger charge is -2.23. The van der Waals surface area contributed by atoms with E-state index in [1.807, 2.05) is 13.1 Å². The standard InChI is InChI=1S/C20H31N5O/c1-4-16(19-21-17-9-8-15(2)14-18(17)22-19)23-20(26)24(3)10-7-13-25-11-5-6-12-25/h8-9,14,16H,4-7,10-13H2,1-3H3,(H,21,22)(H,23,26)/t16-/m0/s1. The van der Waals surface area contributed by atoms with Crippen LogP contribution < -0.4 is 5.32 Å². The lowest BCUT2D eigenvalue weighted by molar-refractivity contribution is 0.200. The Morgan fingerprint density at radius 1 is 1.38 bits per heavy atom. The normalized spacial score (nSPS) is 16.1. The minimum Gasteiger partial charge on any atom is -0.340 e. The van der Waals surface area contributed by atoms with Gasteiger partial charge in [0.2, 0.25) is 0 Å². The summed E-state index contributed by atoms with van der Waals surface area (Å²) in [6.45, 7) is 8.40. The molecule has 3 rings (SSSR count). The Morgan fingerprint density at radius 3 is 2.88 bits per heavy atom. The van der Waals surface area contributed by atoms with Gasteiger partial charge >= 0.3 is 6.03 Å². The highest BCUT2D eigenvalue weighted by Gasteiger charge is 2.19. The Labute approximate surface area is 156 Å². The van der Waals surface area contributed by atoms with Gasteiger partial charge in [-0.15, -0.1) is 0 Å². The van der Waals surface area contributed by atoms with Gasteiger partial charge in [-0.3, -0.25) is 0 Å². The van der Waals surface area contributed by atoms with E-state index in [-0.39, 0.29) is 12.1 Å². The predicted octanol–water partition coefficient (Wildman–Crippen LogP) is 3.45. The van der Waals surface area contributed by atoms with Gasteiger partial charge in [0, 0.05) is 13.6 Å². The third kappa shape index (κ3) is 4.55. The molecule has 1 aliphatic heterocycles. The molecule has 1 aliphatic rings. The molecule has 1 saturated heterocycles. The van der Waals surface area contributed by atoms with Crippen molar-refractivity contribution in [3.8, 4) is 0 Å². The van der Waals surface area contributed by atoms with Crippen molar-refractivity contribution in [1.82, 2.24) is 25.1 Å². The first kappa shape index (κ1) is 18.7. The van der Waals surface area contributed by atoms with Gasteiger partial charge in [-0.2, -0.15) is 0 Å². The number of urea groups is 1. The average Bonchev–Trinajstić information content (AvgIpc) is 3.28. The summed E-state index contributed by atoms with van der Waals surface area (Å²) in [6.07, 6.45) is 4.44. The summed E-state index contributed by atoms with van der Waals surface area (Å²) < 4.78 is 0. The summed E-state index contributed by atoms with van der Waals surface area (Å²) in [5, 5.41) is 3.12. The van der Waals surface area contributed by atoms with Crippen LogP contribution in [0.2, 0.25) is 0 Å². The van der Waals surface area contributed by atoms with Crippen molar-refractivity contribution in [3.63, 3.8) is 0 Å². The largest absolute Gasteiger partial charge is 0.340 e. The highest BCUT2D eigenvalue weighted by molar-refractivity contribution is 5.77. The molecule has 0 aliphatic carbocycles. The molecule has 0 spiro atoms. The Morgan fingerprint density at radius 2 is 2.15 bits per heavy atom. The lowest BCUT2D eigenvalue weighted by atomic mass is 10.2. The van der Waals surface area contributed by atoms with Gasteiger partial charge in [0.1, 0.15) is 5.82 Å². The quantitative estimate of drug-likeness (QED) is 0.798. The van der Waals surface area contributed by atoms with E-state index in [0.717, 1.165) is 42.8 Å². The number of nitrogens with zero attached hydrogens (tertiary/aromatic N) is 3. The van der Waals surface area contributed by atoms with Crippen LogP contribution in [0.4, 0.5) is 4.79 Å². The number of aromatic nitrogens is 2. The summed E-state index contributed by atoms with van der Waals surface area (Å²) >= 11 is 0. The minimum absolute atomic E-state index is 0.0325. The Hall–Kier alpha value is -2.08. The number of rotatable bonds is 7. The van der Waals surface area contributed by atoms with E-state index >= 15 is 0 Å². The van der Waals surface area contributed by atoms with Crippen LogP contribution in [0, 0.1) is 6.92 Å². The average molecular weight is 358 g/mol. The van der Waals surface area contributed by atoms with Crippen LogP contribution >= 0.6 is 0 Å². The molecule has 0 unspecified atom stereocenters. The summed E-state index contributed by atoms with van der Waals surface area (Å²) in [5.41, 5.74) is 3.16. The number of amides is 2. The molecule has 26 heavy (non-hydrogen) atoms. The van der Waals surface area contributed by atoms with Crippen molar-refractivity contribution in [1.29, 1.82) is 0 Å². The van der Waals surface area contributed by atoms with Gasteiger partial charge in [-0.1, -0.05) is 13.0 Å². The molecular weight excluding hydrogens is 326 g/mol. The van der Waals surface area contributed by atoms with E-state index in [0.29, 0.717) is 0 Å². The number of nitrogens with one attached hydrogen (secondary N) is 2. The van der Waals surface area contributed by atoms with Crippen LogP contribution in [0.3, 0.4) is 0 Å². The molecule has 1 fully saturated rings. The number of carbonyl (C=O) groups is 1. The number of aryl methyl sites for hydroxylation is 1. The zero-order chi connectivity index (χ0) is 18.5. The van der Waals surface area contributed by atoms with Crippen molar-refractivity contribution >= 4 is 17.1 Å². The van der Waals surface area contributed by atoms with Crippen LogP contribution in [0.5, 0.6) is 0 Å². The second-order valence-electron chi connectivity index (χ2n) is 7.38. The maximum Gasteiger partial charge on any atom is 0.317 e. The van der Waals surface area contributed by atoms with E-state index < -0.39 is 0 Å². The van der Waals surface area contributed by atoms with Crippen LogP contribution in [0.25, 0.3) is 11.0 Å². The number of likely N-dealkylation sites (tertiary alicyclic amines) is 1. The summed E-state index contributed by atoms with van der Waals surface area (Å²) in [4.78, 5) is 24.8. The second-order valence-corrected chi connectivity index (χ2v) is 7.38. The maximum atomic E-state index is 12.5. The molecule has 2 aromatic rings. The van der Waals surface area contributed by atoms with E-state index in [2.05, 4.69) is 46.2 Å². The summed E-state index contributed by atoms with van der Waals surface area (Å²) in [5.74, 6) is 0.826. The van der Waals surface area contributed by atoms with Gasteiger partial charge in [-0.25, -0.2) is 9.78 Å². The van der Waals surface area contributed by atoms with E-state index in [4.69, 9.17) is 0 Å². The van der Waals surface area contributed by atoms with Crippen LogP contribution in [0.1, 0.15) is 50.0 Å². The highest BCUT2D eigenvalue weighted by Crippen LogP contribution is 2.19. The van der Waals surface area contributed by atoms with Crippen molar-refractivity contribution in [2.45, 2.75) is 45.6 Å². The van der Waals surface area contributed by atoms with Crippen LogP contribution in [0.15, 0.2) is 18.2 Å². The van der Waals surface area contributed by atoms with Gasteiger partial charge in [0.15, 0.2) is 0 Å². The number of H-pyrrole nitrogens is 1. The number of aromatic amines is 1. The fourth-order valence-electron chi connectivity index (χ4n) is 3.57. The number of hydrogen-bond acceptors (Lipinski definition) is 3. The molecule has 6 heteroatoms. The molecule has 1 aromatic carbocycles. The van der Waals surface area contributed by atoms with E-state index in [1.54, 1.807) is 4.90 Å². The highest BCUT2D eigenvalue weighted by atomic mass is 16.2. The Balaban J connectivity index is 1.54. The van der Waals surface area contributed by atoms with Crippen LogP contribution in [-0.4, -0.2) is 59.0 Å². The number of hydrogen-bond donors (Lipinski definition) is 2. The molecule has 142 valence electrons. The number of carbonyl (C=O) groups excluding carboxylic acids is 1. The first-order valence-electron chi connectivity index (χ1n) is 9.77. The molecule has 6 nitrogen and oxygen atoms in total. The first-order valence-corrected chi connectivity index (χ1v) is 9.77. The van der Waals surface area contributed by atoms with Gasteiger partial charge < -0.3 is 20.1 Å². The Bertz CT molecular complexity index is 735. The molecular formula is C20H31N5O. The summed E-state index contributed by atoms with van der Waals surface area (Å²) in [7, 11) is 1.87. The van der Waals surface area contributed by atoms with Gasteiger partial charge in [-0.05, 0) is 69.9 Å². The number of benzene rings is 1. The fourth-order valence-corrected chi connectivity index (χ4v) is 3.57. The molecule has 0 radical (unpaired) electrons. The maximum absolute atomic E-state index is 12.5. The minimum atomic E-state index is -0.101. The lowest BCUT2D eigenvalue weighted by Crippen LogP contribution is -2.40. The Kier molecular flexibility index (Phi) is 6.14. The van der Waals surface area contributed by atoms with Gasteiger partial charge in [0.25, 0.3) is 0 Å². The smallest absolute Gasteiger partial charge is 0.317 e. The zero-order valence-corrected chi connectivity index (χ0v) is 16.2. The van der Waals surface area contributed by atoms with Crippen molar-refractivity contribution in [3.05, 3.63) is 29.6 Å². The summed E-state index contributed by atoms with van der Waals surface area (Å²) in [6, 6.07) is 6.03. The monoisotopic (exact) mass is 357 g/mol. The first-order chi connectivity index (χ1) is 12.6. The molecule has 2 N–H and O–H groups in total.